The summed E-state index contributed by atoms with van der Waals surface area (Å²) in [5.41, 5.74) is 0. The number of hydrogen-bond acceptors (Lipinski definition) is 1. The molecule has 6 heteroatoms. The SMILES string of the molecule is CC(C)=O.Fc1cc(F)c(F)c(F)c1F. The van der Waals surface area contributed by atoms with Gasteiger partial charge in [0.1, 0.15) is 5.78 Å². The van der Waals surface area contributed by atoms with Crippen LogP contribution in [0, 0.1) is 29.1 Å². The Labute approximate surface area is 82.5 Å². The lowest BCUT2D eigenvalue weighted by Crippen LogP contribution is -1.98. The molecule has 84 valence electrons. The summed E-state index contributed by atoms with van der Waals surface area (Å²) in [6, 6.07) is -0.0618. The maximum atomic E-state index is 12.0. The van der Waals surface area contributed by atoms with Gasteiger partial charge >= 0.3 is 0 Å². The van der Waals surface area contributed by atoms with Crippen LogP contribution < -0.4 is 0 Å². The second-order valence-corrected chi connectivity index (χ2v) is 2.69. The summed E-state index contributed by atoms with van der Waals surface area (Å²) in [5.74, 6) is -9.49. The minimum Gasteiger partial charge on any atom is -0.300 e. The van der Waals surface area contributed by atoms with E-state index in [1.807, 2.05) is 0 Å². The van der Waals surface area contributed by atoms with Crippen LogP contribution in [0.2, 0.25) is 0 Å². The van der Waals surface area contributed by atoms with Gasteiger partial charge in [-0.15, -0.1) is 0 Å². The van der Waals surface area contributed by atoms with E-state index in [2.05, 4.69) is 0 Å². The van der Waals surface area contributed by atoms with Gasteiger partial charge in [-0.25, -0.2) is 22.0 Å². The lowest BCUT2D eigenvalue weighted by Gasteiger charge is -1.96. The van der Waals surface area contributed by atoms with Crippen molar-refractivity contribution in [2.75, 3.05) is 0 Å². The van der Waals surface area contributed by atoms with Gasteiger partial charge in [-0.3, -0.25) is 0 Å². The molecule has 0 radical (unpaired) electrons. The summed E-state index contributed by atoms with van der Waals surface area (Å²) in [5, 5.41) is 0. The largest absolute Gasteiger partial charge is 0.300 e. The number of hydrogen-bond donors (Lipinski definition) is 0. The fourth-order valence-corrected chi connectivity index (χ4v) is 0.544. The molecule has 0 fully saturated rings. The van der Waals surface area contributed by atoms with Crippen LogP contribution >= 0.6 is 0 Å². The van der Waals surface area contributed by atoms with Gasteiger partial charge in [0.05, 0.1) is 0 Å². The third kappa shape index (κ3) is 4.05. The summed E-state index contributed by atoms with van der Waals surface area (Å²) in [7, 11) is 0. The molecule has 0 aliphatic carbocycles. The molecule has 0 aliphatic rings. The average molecular weight is 226 g/mol. The van der Waals surface area contributed by atoms with Crippen LogP contribution in [0.5, 0.6) is 0 Å². The van der Waals surface area contributed by atoms with E-state index in [-0.39, 0.29) is 11.8 Å². The maximum Gasteiger partial charge on any atom is 0.200 e. The molecule has 0 amide bonds. The molecule has 0 spiro atoms. The molecule has 0 aliphatic heterocycles. The minimum atomic E-state index is -2.14. The van der Waals surface area contributed by atoms with E-state index >= 15 is 0 Å². The molecule has 1 aromatic rings. The Bertz CT molecular complexity index is 345. The van der Waals surface area contributed by atoms with Crippen molar-refractivity contribution >= 4 is 5.78 Å². The van der Waals surface area contributed by atoms with E-state index in [0.717, 1.165) is 0 Å². The predicted molar refractivity (Wildman–Crippen MR) is 42.6 cm³/mol. The molecule has 15 heavy (non-hydrogen) atoms. The summed E-state index contributed by atoms with van der Waals surface area (Å²) >= 11 is 0. The Kier molecular flexibility index (Phi) is 4.90. The first-order chi connectivity index (χ1) is 6.77. The molecule has 0 heterocycles. The highest BCUT2D eigenvalue weighted by molar-refractivity contribution is 5.72. The zero-order chi connectivity index (χ0) is 12.2. The smallest absolute Gasteiger partial charge is 0.200 e. The van der Waals surface area contributed by atoms with E-state index in [9.17, 15) is 26.7 Å². The van der Waals surface area contributed by atoms with Crippen LogP contribution in [0.15, 0.2) is 6.07 Å². The molecular weight excluding hydrogens is 219 g/mol. The van der Waals surface area contributed by atoms with Gasteiger partial charge in [-0.2, -0.15) is 0 Å². The zero-order valence-corrected chi connectivity index (χ0v) is 7.88. The van der Waals surface area contributed by atoms with Crippen molar-refractivity contribution in [3.8, 4) is 0 Å². The van der Waals surface area contributed by atoms with Crippen molar-refractivity contribution in [1.29, 1.82) is 0 Å². The number of Topliss-reactive ketones (excluding diaryl/α,β-unsaturated/α-hetero) is 1. The first-order valence-electron chi connectivity index (χ1n) is 3.73. The van der Waals surface area contributed by atoms with Crippen molar-refractivity contribution in [2.24, 2.45) is 0 Å². The van der Waals surface area contributed by atoms with Crippen LogP contribution in [0.1, 0.15) is 13.8 Å². The molecule has 0 saturated heterocycles. The summed E-state index contributed by atoms with van der Waals surface area (Å²) in [6.45, 7) is 3.06. The second kappa shape index (κ2) is 5.43. The molecule has 1 aromatic carbocycles. The molecule has 1 rings (SSSR count). The number of rotatable bonds is 0. The monoisotopic (exact) mass is 226 g/mol. The van der Waals surface area contributed by atoms with E-state index in [1.165, 1.54) is 13.8 Å². The molecule has 1 nitrogen and oxygen atoms in total. The third-order valence-corrected chi connectivity index (χ3v) is 1.06. The Morgan fingerprint density at radius 1 is 0.867 bits per heavy atom. The quantitative estimate of drug-likeness (QED) is 0.377. The number of carbonyl (C=O) groups excluding carboxylic acids is 1. The van der Waals surface area contributed by atoms with E-state index in [1.54, 1.807) is 0 Å². The van der Waals surface area contributed by atoms with E-state index in [4.69, 9.17) is 0 Å². The first kappa shape index (κ1) is 13.5. The lowest BCUT2D eigenvalue weighted by molar-refractivity contribution is -0.114. The molecule has 0 unspecified atom stereocenters. The Hall–Kier alpha value is -1.46. The minimum absolute atomic E-state index is 0.0618. The highest BCUT2D eigenvalue weighted by Gasteiger charge is 2.18. The van der Waals surface area contributed by atoms with Crippen LogP contribution in [0.25, 0.3) is 0 Å². The van der Waals surface area contributed by atoms with E-state index in [0.29, 0.717) is 0 Å². The van der Waals surface area contributed by atoms with Gasteiger partial charge in [-0.05, 0) is 13.8 Å². The van der Waals surface area contributed by atoms with Crippen molar-refractivity contribution in [3.05, 3.63) is 35.2 Å². The van der Waals surface area contributed by atoms with Crippen LogP contribution in [0.4, 0.5) is 22.0 Å². The fourth-order valence-electron chi connectivity index (χ4n) is 0.544. The van der Waals surface area contributed by atoms with Crippen molar-refractivity contribution in [1.82, 2.24) is 0 Å². The third-order valence-electron chi connectivity index (χ3n) is 1.06. The lowest BCUT2D eigenvalue weighted by atomic mass is 10.3. The highest BCUT2D eigenvalue weighted by atomic mass is 19.2. The number of halogens is 5. The molecule has 0 aromatic heterocycles. The maximum absolute atomic E-state index is 12.0. The van der Waals surface area contributed by atoms with Gasteiger partial charge in [0.15, 0.2) is 23.3 Å². The van der Waals surface area contributed by atoms with Crippen LogP contribution in [-0.2, 0) is 4.79 Å². The molecule has 0 saturated carbocycles. The van der Waals surface area contributed by atoms with Gasteiger partial charge in [-0.1, -0.05) is 0 Å². The second-order valence-electron chi connectivity index (χ2n) is 2.69. The van der Waals surface area contributed by atoms with Gasteiger partial charge < -0.3 is 4.79 Å². The van der Waals surface area contributed by atoms with Crippen molar-refractivity contribution in [2.45, 2.75) is 13.8 Å². The topological polar surface area (TPSA) is 17.1 Å². The van der Waals surface area contributed by atoms with Gasteiger partial charge in [0, 0.05) is 6.07 Å². The first-order valence-corrected chi connectivity index (χ1v) is 3.73. The summed E-state index contributed by atoms with van der Waals surface area (Å²) in [4.78, 5) is 9.44. The Morgan fingerprint density at radius 2 is 1.13 bits per heavy atom. The zero-order valence-electron chi connectivity index (χ0n) is 7.88. The van der Waals surface area contributed by atoms with Crippen molar-refractivity contribution in [3.63, 3.8) is 0 Å². The molecule has 0 atom stereocenters. The average Bonchev–Trinajstić information content (AvgIpc) is 2.11. The summed E-state index contributed by atoms with van der Waals surface area (Å²) < 4.78 is 60.0. The van der Waals surface area contributed by atoms with Crippen LogP contribution in [-0.4, -0.2) is 5.78 Å². The molecule has 0 N–H and O–H groups in total. The summed E-state index contributed by atoms with van der Waals surface area (Å²) in [6.07, 6.45) is 0. The highest BCUT2D eigenvalue weighted by Crippen LogP contribution is 2.16. The predicted octanol–water partition coefficient (Wildman–Crippen LogP) is 2.98. The number of ketones is 1. The Balaban J connectivity index is 0.000000423. The molecule has 0 bridgehead atoms. The van der Waals surface area contributed by atoms with Gasteiger partial charge in [0.25, 0.3) is 0 Å². The normalized spacial score (nSPS) is 9.27. The standard InChI is InChI=1S/C6HF5.C3H6O/c7-2-1-3(8)5(10)6(11)4(2)9;1-3(2)4/h1H;1-2H3. The fraction of sp³-hybridized carbons (Fsp3) is 0.222. The van der Waals surface area contributed by atoms with Crippen molar-refractivity contribution < 1.29 is 26.7 Å². The Morgan fingerprint density at radius 3 is 1.40 bits per heavy atom. The number of carbonyl (C=O) groups is 1. The van der Waals surface area contributed by atoms with Crippen LogP contribution in [0.3, 0.4) is 0 Å². The van der Waals surface area contributed by atoms with E-state index < -0.39 is 29.1 Å². The number of benzene rings is 1. The van der Waals surface area contributed by atoms with Gasteiger partial charge in [0.2, 0.25) is 5.82 Å². The molecular formula is C9H7F5O.